The van der Waals surface area contributed by atoms with Crippen molar-refractivity contribution in [1.29, 1.82) is 0 Å². The van der Waals surface area contributed by atoms with E-state index in [9.17, 15) is 0 Å². The van der Waals surface area contributed by atoms with Gasteiger partial charge >= 0.3 is 0 Å². The number of hydrogen-bond donors (Lipinski definition) is 0. The second-order valence-electron chi connectivity index (χ2n) is 9.53. The Balaban J connectivity index is 0.000000146. The minimum Gasteiger partial charge on any atom is -0.300 e. The Morgan fingerprint density at radius 3 is 0.840 bits per heavy atom. The smallest absolute Gasteiger partial charge is 0.207 e. The van der Waals surface area contributed by atoms with Crippen molar-refractivity contribution in [3.63, 3.8) is 0 Å². The molecule has 0 aromatic rings. The highest BCUT2D eigenvalue weighted by Crippen LogP contribution is 2.27. The van der Waals surface area contributed by atoms with Gasteiger partial charge in [0.1, 0.15) is 0 Å². The molecule has 9 aliphatic rings. The Bertz CT molecular complexity index is 378. The normalized spacial score (nSPS) is 50.4. The van der Waals surface area contributed by atoms with Gasteiger partial charge in [-0.15, -0.1) is 0 Å². The van der Waals surface area contributed by atoms with E-state index >= 15 is 0 Å². The minimum absolute atomic E-state index is 1.32. The molecule has 9 aliphatic heterocycles. The van der Waals surface area contributed by atoms with Crippen LogP contribution < -0.4 is 0 Å². The molecule has 0 saturated carbocycles. The number of nitrogens with zero attached hydrogens (tertiary/aromatic N) is 6. The predicted molar refractivity (Wildman–Crippen MR) is 100 cm³/mol. The van der Waals surface area contributed by atoms with Crippen molar-refractivity contribution in [2.75, 3.05) is 124 Å². The molecule has 9 saturated heterocycles. The van der Waals surface area contributed by atoms with Crippen molar-refractivity contribution >= 4 is 0 Å². The highest BCUT2D eigenvalue weighted by Gasteiger charge is 2.48. The standard InChI is InChI=1S/C13H26N4.C6H12N2/c1-7-16(8-2-14(1)3-9-16)13-17-10-4-15(5-11-17)6-12-17;1-2-8-5-3-7(1)4-6-8/h1-13H2;1-6H2/q+2;. The molecule has 9 fully saturated rings. The molecule has 0 N–H and O–H groups in total. The summed E-state index contributed by atoms with van der Waals surface area (Å²) in [5, 5.41) is 0. The van der Waals surface area contributed by atoms with Gasteiger partial charge in [0.05, 0.1) is 39.3 Å². The molecule has 0 aromatic carbocycles. The van der Waals surface area contributed by atoms with E-state index in [4.69, 9.17) is 0 Å². The molecule has 0 atom stereocenters. The van der Waals surface area contributed by atoms with Crippen LogP contribution in [0, 0.1) is 0 Å². The topological polar surface area (TPSA) is 13.0 Å². The second kappa shape index (κ2) is 6.73. The van der Waals surface area contributed by atoms with Crippen LogP contribution in [0.4, 0.5) is 0 Å². The van der Waals surface area contributed by atoms with Gasteiger partial charge in [0, 0.05) is 78.5 Å². The lowest BCUT2D eigenvalue weighted by Crippen LogP contribution is -2.77. The molecule has 25 heavy (non-hydrogen) atoms. The van der Waals surface area contributed by atoms with E-state index in [2.05, 4.69) is 19.6 Å². The Hall–Kier alpha value is -0.240. The third-order valence-corrected chi connectivity index (χ3v) is 8.14. The van der Waals surface area contributed by atoms with Crippen LogP contribution in [0.15, 0.2) is 0 Å². The van der Waals surface area contributed by atoms with Crippen molar-refractivity contribution in [2.24, 2.45) is 0 Å². The first-order valence-corrected chi connectivity index (χ1v) is 10.8. The van der Waals surface area contributed by atoms with E-state index in [0.29, 0.717) is 0 Å². The molecule has 6 heteroatoms. The first-order chi connectivity index (χ1) is 12.2. The molecule has 0 amide bonds. The quantitative estimate of drug-likeness (QED) is 0.584. The van der Waals surface area contributed by atoms with Crippen LogP contribution in [-0.2, 0) is 0 Å². The average Bonchev–Trinajstić information content (AvgIpc) is 2.72. The number of hydrogen-bond acceptors (Lipinski definition) is 4. The largest absolute Gasteiger partial charge is 0.300 e. The van der Waals surface area contributed by atoms with Crippen LogP contribution in [0.3, 0.4) is 0 Å². The fraction of sp³-hybridized carbons (Fsp3) is 1.00. The molecule has 0 unspecified atom stereocenters. The summed E-state index contributed by atoms with van der Waals surface area (Å²) >= 11 is 0. The predicted octanol–water partition coefficient (Wildman–Crippen LogP) is -1.15. The van der Waals surface area contributed by atoms with Crippen molar-refractivity contribution in [2.45, 2.75) is 0 Å². The maximum absolute atomic E-state index is 2.66. The summed E-state index contributed by atoms with van der Waals surface area (Å²) in [6.07, 6.45) is 0. The summed E-state index contributed by atoms with van der Waals surface area (Å²) in [5.41, 5.74) is 0. The third kappa shape index (κ3) is 3.49. The van der Waals surface area contributed by atoms with E-state index in [-0.39, 0.29) is 0 Å². The Morgan fingerprint density at radius 1 is 0.360 bits per heavy atom. The zero-order valence-electron chi connectivity index (χ0n) is 16.1. The van der Waals surface area contributed by atoms with Gasteiger partial charge in [-0.25, -0.2) is 0 Å². The molecule has 0 aromatic heterocycles. The first-order valence-electron chi connectivity index (χ1n) is 10.8. The molecule has 6 bridgehead atoms. The van der Waals surface area contributed by atoms with Crippen LogP contribution in [-0.4, -0.2) is 153 Å². The highest BCUT2D eigenvalue weighted by atomic mass is 15.6. The van der Waals surface area contributed by atoms with Crippen LogP contribution in [0.1, 0.15) is 0 Å². The van der Waals surface area contributed by atoms with Gasteiger partial charge in [-0.1, -0.05) is 0 Å². The Morgan fingerprint density at radius 2 is 0.600 bits per heavy atom. The molecule has 9 rings (SSSR count). The number of piperazine rings is 9. The van der Waals surface area contributed by atoms with Crippen molar-refractivity contribution < 1.29 is 8.97 Å². The van der Waals surface area contributed by atoms with Gasteiger partial charge in [-0.3, -0.25) is 28.6 Å². The highest BCUT2D eigenvalue weighted by molar-refractivity contribution is 4.78. The summed E-state index contributed by atoms with van der Waals surface area (Å²) in [6, 6.07) is 0. The fourth-order valence-corrected chi connectivity index (χ4v) is 6.04. The maximum atomic E-state index is 2.66. The van der Waals surface area contributed by atoms with Gasteiger partial charge < -0.3 is 0 Å². The lowest BCUT2D eigenvalue weighted by Gasteiger charge is -2.57. The van der Waals surface area contributed by atoms with E-state index in [1.54, 1.807) is 0 Å². The zero-order valence-corrected chi connectivity index (χ0v) is 16.1. The second-order valence-corrected chi connectivity index (χ2v) is 9.53. The summed E-state index contributed by atoms with van der Waals surface area (Å²) in [6.45, 7) is 26.2. The average molecular weight is 351 g/mol. The number of quaternary nitrogens is 2. The van der Waals surface area contributed by atoms with Gasteiger partial charge in [0.25, 0.3) is 0 Å². The molecule has 142 valence electrons. The summed E-state index contributed by atoms with van der Waals surface area (Å²) < 4.78 is 2.91. The molecule has 9 heterocycles. The Kier molecular flexibility index (Phi) is 4.55. The molecular weight excluding hydrogens is 312 g/mol. The molecule has 6 nitrogen and oxygen atoms in total. The van der Waals surface area contributed by atoms with E-state index in [1.807, 2.05) is 0 Å². The SMILES string of the molecule is C1CN2CCN1CC2.C1C[N+]2(C[N+]34CCN(CC3)CC4)CCN1CC2. The molecule has 0 radical (unpaired) electrons. The van der Waals surface area contributed by atoms with Crippen LogP contribution in [0.2, 0.25) is 0 Å². The van der Waals surface area contributed by atoms with E-state index < -0.39 is 0 Å². The van der Waals surface area contributed by atoms with Crippen molar-refractivity contribution in [3.05, 3.63) is 0 Å². The summed E-state index contributed by atoms with van der Waals surface area (Å²) in [7, 11) is 0. The summed E-state index contributed by atoms with van der Waals surface area (Å²) in [4.78, 5) is 10.4. The minimum atomic E-state index is 1.32. The van der Waals surface area contributed by atoms with Crippen LogP contribution in [0.5, 0.6) is 0 Å². The third-order valence-electron chi connectivity index (χ3n) is 8.14. The van der Waals surface area contributed by atoms with Gasteiger partial charge in [-0.2, -0.15) is 0 Å². The van der Waals surface area contributed by atoms with E-state index in [1.165, 1.54) is 133 Å². The lowest BCUT2D eigenvalue weighted by molar-refractivity contribution is -1.11. The molecule has 0 spiro atoms. The van der Waals surface area contributed by atoms with Crippen LogP contribution >= 0.6 is 0 Å². The number of fused-ring (bicyclic) bond motifs is 9. The van der Waals surface area contributed by atoms with Crippen molar-refractivity contribution in [3.8, 4) is 0 Å². The van der Waals surface area contributed by atoms with Crippen molar-refractivity contribution in [1.82, 2.24) is 19.6 Å². The van der Waals surface area contributed by atoms with Gasteiger partial charge in [0.2, 0.25) is 6.67 Å². The molecule has 0 aliphatic carbocycles. The first kappa shape index (κ1) is 16.9. The van der Waals surface area contributed by atoms with E-state index in [0.717, 1.165) is 0 Å². The van der Waals surface area contributed by atoms with Gasteiger partial charge in [-0.05, 0) is 0 Å². The molecular formula is C19H38N6+2. The zero-order chi connectivity index (χ0) is 16.7. The lowest BCUT2D eigenvalue weighted by atomic mass is 10.1. The monoisotopic (exact) mass is 350 g/mol. The number of rotatable bonds is 2. The summed E-state index contributed by atoms with van der Waals surface area (Å²) in [5.74, 6) is 0. The Labute approximate surface area is 153 Å². The fourth-order valence-electron chi connectivity index (χ4n) is 6.04. The van der Waals surface area contributed by atoms with Gasteiger partial charge in [0.15, 0.2) is 0 Å². The maximum Gasteiger partial charge on any atom is 0.207 e. The van der Waals surface area contributed by atoms with Crippen LogP contribution in [0.25, 0.3) is 0 Å².